The molecule has 126 valence electrons. The quantitative estimate of drug-likeness (QED) is 0.766. The summed E-state index contributed by atoms with van der Waals surface area (Å²) < 4.78 is 4.97. The Labute approximate surface area is 143 Å². The van der Waals surface area contributed by atoms with Crippen LogP contribution in [0.1, 0.15) is 29.8 Å². The minimum Gasteiger partial charge on any atom is -0.467 e. The molecule has 0 N–H and O–H groups in total. The van der Waals surface area contributed by atoms with E-state index in [1.165, 1.54) is 7.11 Å². The zero-order chi connectivity index (χ0) is 17.5. The van der Waals surface area contributed by atoms with Crippen molar-refractivity contribution in [3.05, 3.63) is 71.8 Å². The maximum atomic E-state index is 13.0. The molecule has 4 heteroatoms. The number of amides is 1. The topological polar surface area (TPSA) is 46.6 Å². The second kappa shape index (κ2) is 8.29. The molecular weight excluding hydrogens is 302 g/mol. The average Bonchev–Trinajstić information content (AvgIpc) is 2.61. The minimum absolute atomic E-state index is 0.134. The molecule has 0 aliphatic heterocycles. The number of carbonyl (C=O) groups is 2. The van der Waals surface area contributed by atoms with Gasteiger partial charge in [-0.3, -0.25) is 4.79 Å². The summed E-state index contributed by atoms with van der Waals surface area (Å²) >= 11 is 0. The first-order chi connectivity index (χ1) is 11.5. The maximum absolute atomic E-state index is 13.0. The summed E-state index contributed by atoms with van der Waals surface area (Å²) in [7, 11) is 1.35. The highest BCUT2D eigenvalue weighted by molar-refractivity contribution is 5.97. The molecule has 2 aromatic rings. The fraction of sp³-hybridized carbons (Fsp3) is 0.300. The van der Waals surface area contributed by atoms with Crippen molar-refractivity contribution in [2.75, 3.05) is 7.11 Å². The summed E-state index contributed by atoms with van der Waals surface area (Å²) in [4.78, 5) is 26.9. The lowest BCUT2D eigenvalue weighted by Crippen LogP contribution is -2.50. The molecule has 0 aliphatic carbocycles. The molecule has 0 aromatic heterocycles. The molecule has 0 saturated carbocycles. The highest BCUT2D eigenvalue weighted by Crippen LogP contribution is 2.17. The van der Waals surface area contributed by atoms with Crippen molar-refractivity contribution in [2.24, 2.45) is 0 Å². The third-order valence-electron chi connectivity index (χ3n) is 3.89. The number of ether oxygens (including phenoxy) is 1. The number of methoxy groups -OCH3 is 1. The van der Waals surface area contributed by atoms with Crippen molar-refractivity contribution < 1.29 is 14.3 Å². The third-order valence-corrected chi connectivity index (χ3v) is 3.89. The molecule has 1 unspecified atom stereocenters. The van der Waals surface area contributed by atoms with E-state index in [0.717, 1.165) is 5.56 Å². The summed E-state index contributed by atoms with van der Waals surface area (Å²) in [6.07, 6.45) is 0.421. The van der Waals surface area contributed by atoms with Crippen LogP contribution in [0.25, 0.3) is 0 Å². The van der Waals surface area contributed by atoms with Crippen LogP contribution >= 0.6 is 0 Å². The van der Waals surface area contributed by atoms with Crippen molar-refractivity contribution in [3.8, 4) is 0 Å². The van der Waals surface area contributed by atoms with Gasteiger partial charge >= 0.3 is 5.97 Å². The third kappa shape index (κ3) is 4.22. The molecule has 24 heavy (non-hydrogen) atoms. The lowest BCUT2D eigenvalue weighted by molar-refractivity contribution is -0.146. The predicted octanol–water partition coefficient (Wildman–Crippen LogP) is 3.32. The zero-order valence-corrected chi connectivity index (χ0v) is 14.3. The van der Waals surface area contributed by atoms with Gasteiger partial charge in [0, 0.05) is 18.0 Å². The lowest BCUT2D eigenvalue weighted by Gasteiger charge is -2.33. The number of hydrogen-bond acceptors (Lipinski definition) is 3. The largest absolute Gasteiger partial charge is 0.467 e. The molecule has 0 heterocycles. The molecule has 1 atom stereocenters. The van der Waals surface area contributed by atoms with Gasteiger partial charge in [0.25, 0.3) is 5.91 Å². The summed E-state index contributed by atoms with van der Waals surface area (Å²) in [5.74, 6) is -0.575. The van der Waals surface area contributed by atoms with Gasteiger partial charge in [-0.1, -0.05) is 48.5 Å². The fourth-order valence-electron chi connectivity index (χ4n) is 2.73. The first-order valence-corrected chi connectivity index (χ1v) is 8.04. The normalized spacial score (nSPS) is 11.8. The van der Waals surface area contributed by atoms with Crippen molar-refractivity contribution in [1.82, 2.24) is 4.90 Å². The Hall–Kier alpha value is -2.62. The standard InChI is InChI=1S/C20H23NO3/c1-15(2)21(19(22)17-12-8-5-9-13-17)18(20(23)24-3)14-16-10-6-4-7-11-16/h4-13,15,18H,14H2,1-3H3. The molecule has 1 amide bonds. The highest BCUT2D eigenvalue weighted by atomic mass is 16.5. The Balaban J connectivity index is 2.35. The molecule has 0 fully saturated rings. The predicted molar refractivity (Wildman–Crippen MR) is 93.7 cm³/mol. The van der Waals surface area contributed by atoms with Gasteiger partial charge in [0.15, 0.2) is 0 Å². The van der Waals surface area contributed by atoms with E-state index >= 15 is 0 Å². The SMILES string of the molecule is COC(=O)C(Cc1ccccc1)N(C(=O)c1ccccc1)C(C)C. The molecule has 0 bridgehead atoms. The van der Waals surface area contributed by atoms with Gasteiger partial charge in [0.1, 0.15) is 6.04 Å². The van der Waals surface area contributed by atoms with Crippen LogP contribution in [0.5, 0.6) is 0 Å². The fourth-order valence-corrected chi connectivity index (χ4v) is 2.73. The monoisotopic (exact) mass is 325 g/mol. The molecule has 0 saturated heterocycles. The Bertz CT molecular complexity index is 668. The molecule has 0 aliphatic rings. The Morgan fingerprint density at radius 3 is 2.00 bits per heavy atom. The van der Waals surface area contributed by atoms with Gasteiger partial charge in [0.05, 0.1) is 7.11 Å². The van der Waals surface area contributed by atoms with Gasteiger partial charge in [-0.25, -0.2) is 4.79 Å². The van der Waals surface area contributed by atoms with E-state index in [4.69, 9.17) is 4.74 Å². The van der Waals surface area contributed by atoms with Gasteiger partial charge < -0.3 is 9.64 Å². The Kier molecular flexibility index (Phi) is 6.13. The van der Waals surface area contributed by atoms with Gasteiger partial charge in [-0.15, -0.1) is 0 Å². The molecular formula is C20H23NO3. The van der Waals surface area contributed by atoms with E-state index < -0.39 is 12.0 Å². The summed E-state index contributed by atoms with van der Waals surface area (Å²) in [5.41, 5.74) is 1.55. The number of esters is 1. The van der Waals surface area contributed by atoms with E-state index in [-0.39, 0.29) is 11.9 Å². The first-order valence-electron chi connectivity index (χ1n) is 8.04. The van der Waals surface area contributed by atoms with Crippen molar-refractivity contribution >= 4 is 11.9 Å². The summed E-state index contributed by atoms with van der Waals surface area (Å²) in [6, 6.07) is 17.9. The second-order valence-electron chi connectivity index (χ2n) is 5.90. The molecule has 0 spiro atoms. The zero-order valence-electron chi connectivity index (χ0n) is 14.3. The van der Waals surface area contributed by atoms with Gasteiger partial charge in [-0.05, 0) is 31.5 Å². The van der Waals surface area contributed by atoms with E-state index in [2.05, 4.69) is 0 Å². The number of carbonyl (C=O) groups excluding carboxylic acids is 2. The van der Waals surface area contributed by atoms with E-state index in [1.54, 1.807) is 17.0 Å². The Morgan fingerprint density at radius 2 is 1.50 bits per heavy atom. The van der Waals surface area contributed by atoms with Crippen LogP contribution in [-0.4, -0.2) is 36.0 Å². The second-order valence-corrected chi connectivity index (χ2v) is 5.90. The van der Waals surface area contributed by atoms with Crippen LogP contribution in [0, 0.1) is 0 Å². The number of nitrogens with zero attached hydrogens (tertiary/aromatic N) is 1. The van der Waals surface area contributed by atoms with Crippen LogP contribution in [0.4, 0.5) is 0 Å². The van der Waals surface area contributed by atoms with E-state index in [9.17, 15) is 9.59 Å². The van der Waals surface area contributed by atoms with Crippen LogP contribution in [0.2, 0.25) is 0 Å². The van der Waals surface area contributed by atoms with E-state index in [0.29, 0.717) is 12.0 Å². The van der Waals surface area contributed by atoms with Crippen molar-refractivity contribution in [3.63, 3.8) is 0 Å². The summed E-state index contributed by atoms with van der Waals surface area (Å²) in [6.45, 7) is 3.81. The van der Waals surface area contributed by atoms with Gasteiger partial charge in [0.2, 0.25) is 0 Å². The lowest BCUT2D eigenvalue weighted by atomic mass is 10.0. The smallest absolute Gasteiger partial charge is 0.328 e. The number of hydrogen-bond donors (Lipinski definition) is 0. The highest BCUT2D eigenvalue weighted by Gasteiger charge is 2.33. The number of benzene rings is 2. The molecule has 4 nitrogen and oxygen atoms in total. The molecule has 0 radical (unpaired) electrons. The average molecular weight is 325 g/mol. The minimum atomic E-state index is -0.662. The van der Waals surface area contributed by atoms with Gasteiger partial charge in [-0.2, -0.15) is 0 Å². The van der Waals surface area contributed by atoms with Crippen molar-refractivity contribution in [1.29, 1.82) is 0 Å². The van der Waals surface area contributed by atoms with Crippen LogP contribution in [0.3, 0.4) is 0 Å². The first kappa shape index (κ1) is 17.7. The van der Waals surface area contributed by atoms with Crippen molar-refractivity contribution in [2.45, 2.75) is 32.4 Å². The number of rotatable bonds is 6. The summed E-state index contributed by atoms with van der Waals surface area (Å²) in [5, 5.41) is 0. The Morgan fingerprint density at radius 1 is 0.958 bits per heavy atom. The molecule has 2 rings (SSSR count). The molecule has 2 aromatic carbocycles. The maximum Gasteiger partial charge on any atom is 0.328 e. The van der Waals surface area contributed by atoms with E-state index in [1.807, 2.05) is 62.4 Å². The van der Waals surface area contributed by atoms with Crippen LogP contribution in [-0.2, 0) is 16.0 Å². The van der Waals surface area contributed by atoms with Crippen LogP contribution in [0.15, 0.2) is 60.7 Å². The van der Waals surface area contributed by atoms with Crippen LogP contribution < -0.4 is 0 Å².